The quantitative estimate of drug-likeness (QED) is 0.469. The van der Waals surface area contributed by atoms with E-state index in [0.29, 0.717) is 6.61 Å². The number of anilines is 1. The molecule has 0 spiro atoms. The van der Waals surface area contributed by atoms with Crippen LogP contribution in [-0.4, -0.2) is 19.8 Å². The lowest BCUT2D eigenvalue weighted by molar-refractivity contribution is 0.246. The molecule has 1 N–H and O–H groups in total. The number of halogens is 1. The third kappa shape index (κ3) is 6.34. The first-order valence-electron chi connectivity index (χ1n) is 10.5. The van der Waals surface area contributed by atoms with Gasteiger partial charge in [0.25, 0.3) is 0 Å². The zero-order valence-electron chi connectivity index (χ0n) is 17.1. The maximum atomic E-state index is 6.20. The fraction of sp³-hybridized carbons (Fsp3) is 0.500. The van der Waals surface area contributed by atoms with Gasteiger partial charge in [0.1, 0.15) is 18.1 Å². The summed E-state index contributed by atoms with van der Waals surface area (Å²) in [5.41, 5.74) is 3.17. The molecule has 0 saturated heterocycles. The smallest absolute Gasteiger partial charge is 0.120 e. The van der Waals surface area contributed by atoms with Gasteiger partial charge in [-0.15, -0.1) is 0 Å². The van der Waals surface area contributed by atoms with Crippen LogP contribution in [0, 0.1) is 19.8 Å². The third-order valence-corrected chi connectivity index (χ3v) is 6.08. The number of nitrogens with one attached hydrogen (secondary N) is 1. The number of benzene rings is 2. The Kier molecular flexibility index (Phi) is 7.90. The van der Waals surface area contributed by atoms with Crippen LogP contribution in [0.25, 0.3) is 0 Å². The molecule has 1 saturated carbocycles. The molecule has 0 radical (unpaired) electrons. The summed E-state index contributed by atoms with van der Waals surface area (Å²) in [6, 6.07) is 12.2. The zero-order valence-corrected chi connectivity index (χ0v) is 17.9. The van der Waals surface area contributed by atoms with E-state index in [-0.39, 0.29) is 0 Å². The van der Waals surface area contributed by atoms with Crippen LogP contribution in [0.5, 0.6) is 11.5 Å². The van der Waals surface area contributed by atoms with E-state index >= 15 is 0 Å². The van der Waals surface area contributed by atoms with E-state index in [1.165, 1.54) is 38.5 Å². The first-order valence-corrected chi connectivity index (χ1v) is 10.9. The molecule has 0 aromatic heterocycles. The van der Waals surface area contributed by atoms with Gasteiger partial charge in [-0.05, 0) is 73.7 Å². The Morgan fingerprint density at radius 3 is 2.21 bits per heavy atom. The Labute approximate surface area is 174 Å². The summed E-state index contributed by atoms with van der Waals surface area (Å²) in [5.74, 6) is 2.68. The minimum absolute atomic E-state index is 0.597. The van der Waals surface area contributed by atoms with Crippen molar-refractivity contribution in [2.24, 2.45) is 5.92 Å². The number of hydrogen-bond acceptors (Lipinski definition) is 3. The zero-order chi connectivity index (χ0) is 19.8. The van der Waals surface area contributed by atoms with E-state index in [1.54, 1.807) is 0 Å². The topological polar surface area (TPSA) is 30.5 Å². The average molecular weight is 402 g/mol. The van der Waals surface area contributed by atoms with Crippen molar-refractivity contribution in [2.75, 3.05) is 25.1 Å². The molecular weight excluding hydrogens is 370 g/mol. The molecule has 1 aliphatic rings. The molecule has 2 aromatic rings. The Hall–Kier alpha value is -1.87. The molecule has 0 amide bonds. The molecule has 28 heavy (non-hydrogen) atoms. The number of hydrogen-bond donors (Lipinski definition) is 1. The number of rotatable bonds is 9. The van der Waals surface area contributed by atoms with E-state index < -0.39 is 0 Å². The monoisotopic (exact) mass is 401 g/mol. The van der Waals surface area contributed by atoms with Crippen molar-refractivity contribution in [2.45, 2.75) is 52.4 Å². The van der Waals surface area contributed by atoms with Crippen LogP contribution in [-0.2, 0) is 0 Å². The summed E-state index contributed by atoms with van der Waals surface area (Å²) in [6.07, 6.45) is 8.14. The van der Waals surface area contributed by atoms with Gasteiger partial charge in [0.2, 0.25) is 0 Å². The van der Waals surface area contributed by atoms with E-state index in [4.69, 9.17) is 21.1 Å². The normalized spacial score (nSPS) is 14.7. The maximum Gasteiger partial charge on any atom is 0.120 e. The van der Waals surface area contributed by atoms with Crippen molar-refractivity contribution < 1.29 is 9.47 Å². The van der Waals surface area contributed by atoms with Crippen molar-refractivity contribution in [3.05, 3.63) is 52.5 Å². The summed E-state index contributed by atoms with van der Waals surface area (Å²) < 4.78 is 11.7. The van der Waals surface area contributed by atoms with E-state index in [9.17, 15) is 0 Å². The lowest BCUT2D eigenvalue weighted by Crippen LogP contribution is -2.12. The van der Waals surface area contributed by atoms with Gasteiger partial charge in [-0.3, -0.25) is 0 Å². The van der Waals surface area contributed by atoms with Crippen molar-refractivity contribution in [1.29, 1.82) is 0 Å². The average Bonchev–Trinajstić information content (AvgIpc) is 2.71. The van der Waals surface area contributed by atoms with Gasteiger partial charge in [0.05, 0.1) is 6.61 Å². The van der Waals surface area contributed by atoms with E-state index in [1.807, 2.05) is 38.1 Å². The van der Waals surface area contributed by atoms with Crippen molar-refractivity contribution in [3.63, 3.8) is 0 Å². The van der Waals surface area contributed by atoms with Gasteiger partial charge >= 0.3 is 0 Å². The van der Waals surface area contributed by atoms with E-state index in [0.717, 1.165) is 52.4 Å². The Bertz CT molecular complexity index is 716. The summed E-state index contributed by atoms with van der Waals surface area (Å²) in [7, 11) is 0. The summed E-state index contributed by atoms with van der Waals surface area (Å²) in [5, 5.41) is 4.20. The molecule has 4 heteroatoms. The highest BCUT2D eigenvalue weighted by Gasteiger charge is 2.13. The molecule has 3 rings (SSSR count). The lowest BCUT2D eigenvalue weighted by atomic mass is 9.87. The summed E-state index contributed by atoms with van der Waals surface area (Å²) in [4.78, 5) is 0. The van der Waals surface area contributed by atoms with Crippen molar-refractivity contribution in [3.8, 4) is 11.5 Å². The minimum Gasteiger partial charge on any atom is -0.494 e. The molecular formula is C24H32ClNO2. The van der Waals surface area contributed by atoms with Crippen LogP contribution < -0.4 is 14.8 Å². The first kappa shape index (κ1) is 20.9. The van der Waals surface area contributed by atoms with Crippen LogP contribution in [0.15, 0.2) is 36.4 Å². The second kappa shape index (κ2) is 10.6. The predicted molar refractivity (Wildman–Crippen MR) is 118 cm³/mol. The summed E-state index contributed by atoms with van der Waals surface area (Å²) in [6.45, 7) is 6.16. The van der Waals surface area contributed by atoms with Gasteiger partial charge in [-0.2, -0.15) is 0 Å². The van der Waals surface area contributed by atoms with Gasteiger partial charge < -0.3 is 14.8 Å². The van der Waals surface area contributed by atoms with Crippen LogP contribution in [0.4, 0.5) is 5.69 Å². The highest BCUT2D eigenvalue weighted by Crippen LogP contribution is 2.27. The molecule has 0 bridgehead atoms. The number of aryl methyl sites for hydroxylation is 2. The standard InChI is InChI=1S/C24H32ClNO2/c1-18-16-23(17-19(2)24(18)25)28-15-13-26-21-8-10-22(11-9-21)27-14-12-20-6-4-3-5-7-20/h8-11,16-17,20,26H,3-7,12-15H2,1-2H3. The van der Waals surface area contributed by atoms with Crippen LogP contribution in [0.1, 0.15) is 49.7 Å². The highest BCUT2D eigenvalue weighted by atomic mass is 35.5. The van der Waals surface area contributed by atoms with Crippen molar-refractivity contribution in [1.82, 2.24) is 0 Å². The van der Waals surface area contributed by atoms with Gasteiger partial charge in [0.15, 0.2) is 0 Å². The Balaban J connectivity index is 1.35. The predicted octanol–water partition coefficient (Wildman–Crippen LogP) is 6.80. The minimum atomic E-state index is 0.597. The fourth-order valence-electron chi connectivity index (χ4n) is 3.84. The highest BCUT2D eigenvalue weighted by molar-refractivity contribution is 6.32. The van der Waals surface area contributed by atoms with Crippen molar-refractivity contribution >= 4 is 17.3 Å². The van der Waals surface area contributed by atoms with Gasteiger partial charge in [-0.1, -0.05) is 43.7 Å². The lowest BCUT2D eigenvalue weighted by Gasteiger charge is -2.21. The molecule has 0 atom stereocenters. The second-order valence-corrected chi connectivity index (χ2v) is 8.19. The molecule has 0 heterocycles. The van der Waals surface area contributed by atoms with Crippen LogP contribution in [0.2, 0.25) is 5.02 Å². The number of ether oxygens (including phenoxy) is 2. The fourth-order valence-corrected chi connectivity index (χ4v) is 3.95. The Morgan fingerprint density at radius 1 is 0.893 bits per heavy atom. The third-order valence-electron chi connectivity index (χ3n) is 5.48. The maximum absolute atomic E-state index is 6.20. The van der Waals surface area contributed by atoms with Crippen LogP contribution in [0.3, 0.4) is 0 Å². The molecule has 1 aliphatic carbocycles. The molecule has 0 aliphatic heterocycles. The van der Waals surface area contributed by atoms with Crippen LogP contribution >= 0.6 is 11.6 Å². The molecule has 3 nitrogen and oxygen atoms in total. The van der Waals surface area contributed by atoms with Gasteiger partial charge in [-0.25, -0.2) is 0 Å². The summed E-state index contributed by atoms with van der Waals surface area (Å²) >= 11 is 6.20. The Morgan fingerprint density at radius 2 is 1.54 bits per heavy atom. The second-order valence-electron chi connectivity index (χ2n) is 7.81. The molecule has 1 fully saturated rings. The SMILES string of the molecule is Cc1cc(OCCNc2ccc(OCCC3CCCCC3)cc2)cc(C)c1Cl. The largest absolute Gasteiger partial charge is 0.494 e. The van der Waals surface area contributed by atoms with Gasteiger partial charge in [0, 0.05) is 17.3 Å². The molecule has 0 unspecified atom stereocenters. The first-order chi connectivity index (χ1) is 13.6. The molecule has 2 aromatic carbocycles. The molecule has 152 valence electrons. The van der Waals surface area contributed by atoms with E-state index in [2.05, 4.69) is 17.4 Å².